The summed E-state index contributed by atoms with van der Waals surface area (Å²) in [6.45, 7) is 10.1. The normalized spacial score (nSPS) is 17.7. The molecule has 18 nitrogen and oxygen atoms in total. The van der Waals surface area contributed by atoms with E-state index in [1.807, 2.05) is 97.6 Å². The van der Waals surface area contributed by atoms with Gasteiger partial charge in [0.25, 0.3) is 11.5 Å². The van der Waals surface area contributed by atoms with Gasteiger partial charge < -0.3 is 39.4 Å². The summed E-state index contributed by atoms with van der Waals surface area (Å²) in [5.41, 5.74) is 4.05. The topological polar surface area (TPSA) is 214 Å². The summed E-state index contributed by atoms with van der Waals surface area (Å²) in [7, 11) is 1.60. The van der Waals surface area contributed by atoms with E-state index in [0.29, 0.717) is 96.8 Å². The Hall–Kier alpha value is -7.02. The molecule has 8 rings (SSSR count). The third-order valence-electron chi connectivity index (χ3n) is 13.6. The Morgan fingerprint density at radius 1 is 0.795 bits per heavy atom. The number of piperidine rings is 2. The molecule has 1 aromatic heterocycles. The van der Waals surface area contributed by atoms with E-state index in [1.165, 1.54) is 44.1 Å². The number of piperazine rings is 1. The number of nitrogens with zero attached hydrogens (tertiary/aromatic N) is 5. The van der Waals surface area contributed by atoms with Crippen molar-refractivity contribution in [2.45, 2.75) is 103 Å². The Bertz CT molecular complexity index is 2680. The standard InChI is InChI=1S/C53H67N7O7.C2H2O4/c1-4-65-49-19-10-9-18-47(49)60-50(55-45-17-8-7-16-44(45)52(60)62)36-57-28-30-58(31-29-57)51(61)37-66-42-23-21-39(22-24-42)35-54-26-11-5-6-12-27-59-40-14-13-15-41(59)34-43(33-40)67-53(63)56-46-32-38(2)20-25-48(46)64-3;3-1(4)2(5)6/h7-10,16-25,32,40-41,43,54H,4-6,11-15,26-31,33-37H2,1-3H3,(H,56,63);(H,3,4)(H,5,6)/t40-,41+,43?;. The van der Waals surface area contributed by atoms with Gasteiger partial charge in [-0.15, -0.1) is 0 Å². The van der Waals surface area contributed by atoms with Crippen molar-refractivity contribution in [2.24, 2.45) is 0 Å². The van der Waals surface area contributed by atoms with Gasteiger partial charge in [0.15, 0.2) is 6.61 Å². The van der Waals surface area contributed by atoms with Crippen LogP contribution in [-0.2, 0) is 32.2 Å². The molecule has 73 heavy (non-hydrogen) atoms. The molecule has 5 aromatic rings. The smallest absolute Gasteiger partial charge is 0.414 e. The molecule has 4 aromatic carbocycles. The van der Waals surface area contributed by atoms with Crippen LogP contribution in [0.3, 0.4) is 0 Å². The molecule has 3 aliphatic rings. The maximum absolute atomic E-state index is 13.9. The minimum Gasteiger partial charge on any atom is -0.495 e. The van der Waals surface area contributed by atoms with Gasteiger partial charge in [0.05, 0.1) is 42.5 Å². The molecule has 0 aliphatic carbocycles. The summed E-state index contributed by atoms with van der Waals surface area (Å²) in [4.78, 5) is 69.9. The predicted molar refractivity (Wildman–Crippen MR) is 277 cm³/mol. The number of amides is 2. The molecule has 1 unspecified atom stereocenters. The van der Waals surface area contributed by atoms with E-state index in [9.17, 15) is 14.4 Å². The summed E-state index contributed by atoms with van der Waals surface area (Å²) in [5.74, 6) is -1.13. The van der Waals surface area contributed by atoms with E-state index in [1.54, 1.807) is 11.7 Å². The van der Waals surface area contributed by atoms with Crippen molar-refractivity contribution in [3.05, 3.63) is 118 Å². The number of nitrogens with one attached hydrogen (secondary N) is 2. The minimum atomic E-state index is -1.82. The molecule has 3 aliphatic heterocycles. The number of fused-ring (bicyclic) bond motifs is 3. The van der Waals surface area contributed by atoms with Crippen molar-refractivity contribution in [2.75, 3.05) is 64.9 Å². The van der Waals surface area contributed by atoms with E-state index in [0.717, 1.165) is 44.5 Å². The first-order valence-electron chi connectivity index (χ1n) is 25.4. The number of carbonyl (C=O) groups is 4. The molecule has 4 N–H and O–H groups in total. The van der Waals surface area contributed by atoms with Gasteiger partial charge in [-0.05, 0) is 112 Å². The van der Waals surface area contributed by atoms with Crippen LogP contribution < -0.4 is 30.4 Å². The van der Waals surface area contributed by atoms with E-state index in [4.69, 9.17) is 43.7 Å². The number of hydrogen-bond acceptors (Lipinski definition) is 13. The van der Waals surface area contributed by atoms with Crippen LogP contribution in [0.15, 0.2) is 95.8 Å². The van der Waals surface area contributed by atoms with E-state index in [2.05, 4.69) is 32.6 Å². The van der Waals surface area contributed by atoms with Gasteiger partial charge in [-0.25, -0.2) is 19.4 Å². The average Bonchev–Trinajstić information content (AvgIpc) is 3.38. The number of rotatable bonds is 20. The zero-order chi connectivity index (χ0) is 51.7. The fourth-order valence-corrected chi connectivity index (χ4v) is 9.98. The highest BCUT2D eigenvalue weighted by atomic mass is 16.6. The lowest BCUT2D eigenvalue weighted by Gasteiger charge is -2.48. The van der Waals surface area contributed by atoms with Gasteiger partial charge >= 0.3 is 18.0 Å². The van der Waals surface area contributed by atoms with Crippen LogP contribution in [0.1, 0.15) is 81.7 Å². The number of unbranched alkanes of at least 4 members (excludes halogenated alkanes) is 3. The molecule has 3 atom stereocenters. The second-order valence-corrected chi connectivity index (χ2v) is 18.7. The van der Waals surface area contributed by atoms with Gasteiger partial charge in [0.2, 0.25) is 0 Å². The Morgan fingerprint density at radius 2 is 1.49 bits per heavy atom. The van der Waals surface area contributed by atoms with Crippen molar-refractivity contribution in [3.8, 4) is 22.9 Å². The molecule has 4 heterocycles. The van der Waals surface area contributed by atoms with Crippen LogP contribution >= 0.6 is 0 Å². The van der Waals surface area contributed by atoms with Crippen molar-refractivity contribution >= 4 is 40.5 Å². The Morgan fingerprint density at radius 3 is 2.21 bits per heavy atom. The summed E-state index contributed by atoms with van der Waals surface area (Å²) < 4.78 is 24.9. The highest BCUT2D eigenvalue weighted by Crippen LogP contribution is 2.36. The van der Waals surface area contributed by atoms with Gasteiger partial charge in [0, 0.05) is 57.6 Å². The first kappa shape index (κ1) is 53.8. The molecule has 2 bridgehead atoms. The van der Waals surface area contributed by atoms with Crippen LogP contribution in [-0.4, -0.2) is 136 Å². The van der Waals surface area contributed by atoms with Crippen molar-refractivity contribution in [1.82, 2.24) is 29.6 Å². The number of aromatic nitrogens is 2. The second-order valence-electron chi connectivity index (χ2n) is 18.7. The molecule has 2 amide bonds. The average molecular weight is 1000 g/mol. The quantitative estimate of drug-likeness (QED) is 0.0446. The molecular weight excluding hydrogens is 935 g/mol. The van der Waals surface area contributed by atoms with Crippen LogP contribution in [0, 0.1) is 6.92 Å². The molecule has 0 saturated carbocycles. The van der Waals surface area contributed by atoms with Crippen molar-refractivity contribution in [3.63, 3.8) is 0 Å². The first-order chi connectivity index (χ1) is 35.4. The number of hydrogen-bond donors (Lipinski definition) is 4. The van der Waals surface area contributed by atoms with E-state index >= 15 is 0 Å². The molecule has 0 radical (unpaired) electrons. The first-order valence-corrected chi connectivity index (χ1v) is 25.4. The number of carboxylic acid groups (broad SMARTS) is 2. The predicted octanol–water partition coefficient (Wildman–Crippen LogP) is 7.26. The molecular formula is C55H69N7O11. The van der Waals surface area contributed by atoms with Gasteiger partial charge in [-0.1, -0.05) is 61.7 Å². The third-order valence-corrected chi connectivity index (χ3v) is 13.6. The number of aliphatic carboxylic acids is 2. The summed E-state index contributed by atoms with van der Waals surface area (Å²) in [5, 5.41) is 21.8. The number of benzene rings is 4. The second kappa shape index (κ2) is 26.6. The van der Waals surface area contributed by atoms with Crippen LogP contribution in [0.25, 0.3) is 16.6 Å². The molecule has 390 valence electrons. The SMILES string of the molecule is CCOc1ccccc1-n1c(CN2CCN(C(=O)COc3ccc(CNCCCCCCN4[C@@H]5CCC[C@H]4CC(OC(=O)Nc4cc(C)ccc4OC)C5)cc3)CC2)nc2ccccc2c1=O.O=C(O)C(=O)O. The van der Waals surface area contributed by atoms with Crippen LogP contribution in [0.4, 0.5) is 10.5 Å². The lowest BCUT2D eigenvalue weighted by atomic mass is 9.82. The van der Waals surface area contributed by atoms with Gasteiger partial charge in [0.1, 0.15) is 29.2 Å². The summed E-state index contributed by atoms with van der Waals surface area (Å²) in [6.07, 6.45) is 9.63. The summed E-state index contributed by atoms with van der Waals surface area (Å²) >= 11 is 0. The number of aryl methyl sites for hydroxylation is 1. The third kappa shape index (κ3) is 15.0. The molecule has 0 spiro atoms. The zero-order valence-electron chi connectivity index (χ0n) is 42.1. The van der Waals surface area contributed by atoms with E-state index < -0.39 is 18.0 Å². The minimum absolute atomic E-state index is 0.0182. The van der Waals surface area contributed by atoms with Gasteiger partial charge in [-0.2, -0.15) is 0 Å². The number of para-hydroxylation sites is 3. The highest BCUT2D eigenvalue weighted by Gasteiger charge is 2.39. The largest absolute Gasteiger partial charge is 0.495 e. The lowest BCUT2D eigenvalue weighted by Crippen LogP contribution is -2.54. The van der Waals surface area contributed by atoms with Crippen molar-refractivity contribution < 1.29 is 48.3 Å². The monoisotopic (exact) mass is 1000 g/mol. The van der Waals surface area contributed by atoms with Gasteiger partial charge in [-0.3, -0.25) is 29.3 Å². The number of anilines is 1. The fourth-order valence-electron chi connectivity index (χ4n) is 9.98. The number of methoxy groups -OCH3 is 1. The highest BCUT2D eigenvalue weighted by molar-refractivity contribution is 6.27. The summed E-state index contributed by atoms with van der Waals surface area (Å²) in [6, 6.07) is 29.6. The number of carbonyl (C=O) groups excluding carboxylic acids is 2. The number of ether oxygens (including phenoxy) is 4. The van der Waals surface area contributed by atoms with Crippen LogP contribution in [0.2, 0.25) is 0 Å². The molecule has 3 fully saturated rings. The zero-order valence-corrected chi connectivity index (χ0v) is 42.1. The van der Waals surface area contributed by atoms with Crippen LogP contribution in [0.5, 0.6) is 17.2 Å². The Kier molecular flexibility index (Phi) is 19.6. The maximum Gasteiger partial charge on any atom is 0.414 e. The molecule has 3 saturated heterocycles. The molecule has 18 heteroatoms. The maximum atomic E-state index is 13.9. The fraction of sp³-hybridized carbons (Fsp3) is 0.455. The van der Waals surface area contributed by atoms with Crippen molar-refractivity contribution in [1.29, 1.82) is 0 Å². The lowest BCUT2D eigenvalue weighted by molar-refractivity contribution is -0.159. The van der Waals surface area contributed by atoms with E-state index in [-0.39, 0.29) is 24.2 Å². The Balaban J connectivity index is 0.00000123. The number of carboxylic acids is 2. The Labute approximate surface area is 426 Å².